The number of amides is 3. The summed E-state index contributed by atoms with van der Waals surface area (Å²) in [5, 5.41) is 14.5. The molecule has 1 N–H and O–H groups in total. The largest absolute Gasteiger partial charge is 0.447 e. The maximum atomic E-state index is 12.8. The molecule has 3 amide bonds. The van der Waals surface area contributed by atoms with Gasteiger partial charge in [0.2, 0.25) is 0 Å². The van der Waals surface area contributed by atoms with Crippen molar-refractivity contribution in [2.24, 2.45) is 0 Å². The second kappa shape index (κ2) is 7.63. The van der Waals surface area contributed by atoms with Crippen molar-refractivity contribution in [2.45, 2.75) is 0 Å². The van der Waals surface area contributed by atoms with Gasteiger partial charge in [-0.1, -0.05) is 24.3 Å². The van der Waals surface area contributed by atoms with Crippen molar-refractivity contribution in [1.29, 1.82) is 0 Å². The van der Waals surface area contributed by atoms with Crippen LogP contribution < -0.4 is 5.32 Å². The highest BCUT2D eigenvalue weighted by Crippen LogP contribution is 2.29. The lowest BCUT2D eigenvalue weighted by molar-refractivity contribution is -0.384. The number of nitrogens with one attached hydrogen (secondary N) is 1. The Hall–Kier alpha value is -4.27. The lowest BCUT2D eigenvalue weighted by Gasteiger charge is -2.26. The zero-order valence-electron chi connectivity index (χ0n) is 15.5. The third-order valence-electron chi connectivity index (χ3n) is 4.73. The fraction of sp³-hybridized carbons (Fsp3) is 0.0952. The Kier molecular flexibility index (Phi) is 4.85. The summed E-state index contributed by atoms with van der Waals surface area (Å²) in [6, 6.07) is 15.7. The number of anilines is 1. The number of carbonyl (C=O) groups is 3. The minimum Gasteiger partial charge on any atom is -0.447 e. The van der Waals surface area contributed by atoms with Gasteiger partial charge in [0.15, 0.2) is 0 Å². The van der Waals surface area contributed by atoms with Crippen LogP contribution in [0.2, 0.25) is 0 Å². The first-order chi connectivity index (χ1) is 14.5. The smallest absolute Gasteiger partial charge is 0.411 e. The molecular weight excluding hydrogens is 390 g/mol. The fourth-order valence-electron chi connectivity index (χ4n) is 3.33. The average Bonchev–Trinajstić information content (AvgIpc) is 2.74. The Morgan fingerprint density at radius 2 is 1.57 bits per heavy atom. The summed E-state index contributed by atoms with van der Waals surface area (Å²) in [4.78, 5) is 48.6. The van der Waals surface area contributed by atoms with Gasteiger partial charge in [0.1, 0.15) is 6.61 Å². The summed E-state index contributed by atoms with van der Waals surface area (Å²) in [7, 11) is 0. The number of nitro groups is 1. The van der Waals surface area contributed by atoms with Gasteiger partial charge >= 0.3 is 6.09 Å². The topological polar surface area (TPSA) is 119 Å². The van der Waals surface area contributed by atoms with Crippen LogP contribution in [-0.4, -0.2) is 40.9 Å². The van der Waals surface area contributed by atoms with E-state index in [-0.39, 0.29) is 18.8 Å². The van der Waals surface area contributed by atoms with E-state index in [0.717, 1.165) is 10.3 Å². The van der Waals surface area contributed by atoms with E-state index in [1.165, 1.54) is 24.3 Å². The zero-order chi connectivity index (χ0) is 21.3. The van der Waals surface area contributed by atoms with Crippen LogP contribution in [0.3, 0.4) is 0 Å². The molecule has 0 aromatic heterocycles. The molecule has 3 aromatic rings. The van der Waals surface area contributed by atoms with Gasteiger partial charge < -0.3 is 4.74 Å². The van der Waals surface area contributed by atoms with Crippen LogP contribution in [0.1, 0.15) is 20.7 Å². The molecule has 1 aliphatic rings. The third kappa shape index (κ3) is 3.44. The Labute approximate surface area is 170 Å². The minimum absolute atomic E-state index is 0.101. The molecule has 0 saturated carbocycles. The number of non-ortho nitro benzene ring substituents is 1. The van der Waals surface area contributed by atoms with E-state index in [4.69, 9.17) is 4.74 Å². The van der Waals surface area contributed by atoms with Crippen molar-refractivity contribution in [3.8, 4) is 0 Å². The van der Waals surface area contributed by atoms with Crippen LogP contribution in [0.4, 0.5) is 16.2 Å². The third-order valence-corrected chi connectivity index (χ3v) is 4.73. The molecule has 0 saturated heterocycles. The van der Waals surface area contributed by atoms with Crippen molar-refractivity contribution in [3.05, 3.63) is 81.9 Å². The van der Waals surface area contributed by atoms with Crippen molar-refractivity contribution < 1.29 is 24.0 Å². The maximum absolute atomic E-state index is 12.8. The van der Waals surface area contributed by atoms with E-state index in [2.05, 4.69) is 5.32 Å². The molecule has 1 heterocycles. The summed E-state index contributed by atoms with van der Waals surface area (Å²) in [6.07, 6.45) is -0.803. The van der Waals surface area contributed by atoms with Gasteiger partial charge in [0.25, 0.3) is 17.5 Å². The first-order valence-corrected chi connectivity index (χ1v) is 9.02. The Bertz CT molecular complexity index is 1140. The van der Waals surface area contributed by atoms with Crippen LogP contribution in [0.5, 0.6) is 0 Å². The van der Waals surface area contributed by atoms with Crippen LogP contribution in [0, 0.1) is 10.1 Å². The van der Waals surface area contributed by atoms with E-state index in [9.17, 15) is 24.5 Å². The van der Waals surface area contributed by atoms with E-state index >= 15 is 0 Å². The van der Waals surface area contributed by atoms with Gasteiger partial charge in [-0.25, -0.2) is 4.79 Å². The number of hydrogen-bond donors (Lipinski definition) is 1. The first-order valence-electron chi connectivity index (χ1n) is 9.02. The molecule has 4 rings (SSSR count). The Balaban J connectivity index is 1.39. The highest BCUT2D eigenvalue weighted by molar-refractivity contribution is 6.25. The lowest BCUT2D eigenvalue weighted by Crippen LogP contribution is -2.42. The Morgan fingerprint density at radius 3 is 2.13 bits per heavy atom. The van der Waals surface area contributed by atoms with Crippen molar-refractivity contribution in [1.82, 2.24) is 4.90 Å². The molecular formula is C21H15N3O6. The van der Waals surface area contributed by atoms with Gasteiger partial charge in [-0.05, 0) is 29.7 Å². The zero-order valence-corrected chi connectivity index (χ0v) is 15.5. The van der Waals surface area contributed by atoms with Crippen LogP contribution in [-0.2, 0) is 4.74 Å². The molecule has 150 valence electrons. The van der Waals surface area contributed by atoms with E-state index < -0.39 is 22.8 Å². The monoisotopic (exact) mass is 405 g/mol. The van der Waals surface area contributed by atoms with Crippen molar-refractivity contribution in [2.75, 3.05) is 18.5 Å². The second-order valence-corrected chi connectivity index (χ2v) is 6.54. The highest BCUT2D eigenvalue weighted by atomic mass is 16.6. The molecule has 0 radical (unpaired) electrons. The van der Waals surface area contributed by atoms with E-state index in [1.807, 2.05) is 12.1 Å². The van der Waals surface area contributed by atoms with Gasteiger partial charge in [0.05, 0.1) is 11.5 Å². The molecule has 1 aliphatic heterocycles. The number of nitrogens with zero attached hydrogens (tertiary/aromatic N) is 2. The summed E-state index contributed by atoms with van der Waals surface area (Å²) in [6.45, 7) is -0.301. The summed E-state index contributed by atoms with van der Waals surface area (Å²) >= 11 is 0. The number of nitro benzene ring substituents is 1. The number of benzene rings is 3. The van der Waals surface area contributed by atoms with Gasteiger partial charge in [-0.2, -0.15) is 0 Å². The maximum Gasteiger partial charge on any atom is 0.411 e. The normalized spacial score (nSPS) is 12.7. The number of rotatable bonds is 5. The standard InChI is InChI=1S/C21H15N3O6/c25-19-16-5-1-3-13-4-2-6-17(18(13)16)20(26)23(19)11-12-30-21(27)22-14-7-9-15(10-8-14)24(28)29/h1-10H,11-12H2,(H,22,27). The summed E-state index contributed by atoms with van der Waals surface area (Å²) in [5.74, 6) is -0.882. The fourth-order valence-corrected chi connectivity index (χ4v) is 3.33. The summed E-state index contributed by atoms with van der Waals surface area (Å²) in [5.41, 5.74) is 1.07. The molecule has 9 heteroatoms. The minimum atomic E-state index is -0.803. The van der Waals surface area contributed by atoms with Crippen molar-refractivity contribution >= 4 is 40.1 Å². The van der Waals surface area contributed by atoms with Crippen LogP contribution in [0.15, 0.2) is 60.7 Å². The van der Waals surface area contributed by atoms with E-state index in [1.54, 1.807) is 24.3 Å². The molecule has 30 heavy (non-hydrogen) atoms. The predicted molar refractivity (Wildman–Crippen MR) is 107 cm³/mol. The van der Waals surface area contributed by atoms with Gasteiger partial charge in [0, 0.05) is 34.3 Å². The quantitative estimate of drug-likeness (QED) is 0.394. The van der Waals surface area contributed by atoms with Crippen LogP contribution >= 0.6 is 0 Å². The predicted octanol–water partition coefficient (Wildman–Crippen LogP) is 3.59. The average molecular weight is 405 g/mol. The van der Waals surface area contributed by atoms with Crippen molar-refractivity contribution in [3.63, 3.8) is 0 Å². The van der Waals surface area contributed by atoms with E-state index in [0.29, 0.717) is 22.2 Å². The number of imide groups is 1. The second-order valence-electron chi connectivity index (χ2n) is 6.54. The molecule has 0 aliphatic carbocycles. The molecule has 0 bridgehead atoms. The summed E-state index contributed by atoms with van der Waals surface area (Å²) < 4.78 is 5.05. The Morgan fingerprint density at radius 1 is 0.967 bits per heavy atom. The van der Waals surface area contributed by atoms with Crippen LogP contribution in [0.25, 0.3) is 10.8 Å². The first kappa shape index (κ1) is 19.1. The number of carbonyl (C=O) groups excluding carboxylic acids is 3. The molecule has 0 atom stereocenters. The highest BCUT2D eigenvalue weighted by Gasteiger charge is 2.32. The van der Waals surface area contributed by atoms with Gasteiger partial charge in [-0.15, -0.1) is 0 Å². The SMILES string of the molecule is O=C(Nc1ccc([N+](=O)[O-])cc1)OCCN1C(=O)c2cccc3cccc(c23)C1=O. The molecule has 0 spiro atoms. The number of ether oxygens (including phenoxy) is 1. The van der Waals surface area contributed by atoms with Gasteiger partial charge in [-0.3, -0.25) is 29.9 Å². The molecule has 0 unspecified atom stereocenters. The molecule has 3 aromatic carbocycles. The molecule has 9 nitrogen and oxygen atoms in total. The molecule has 0 fully saturated rings. The number of hydrogen-bond acceptors (Lipinski definition) is 6. The lowest BCUT2D eigenvalue weighted by atomic mass is 9.94.